The first-order valence-corrected chi connectivity index (χ1v) is 4.28. The summed E-state index contributed by atoms with van der Waals surface area (Å²) < 4.78 is 0. The number of nitrogens with two attached hydrogens (primary N) is 1. The summed E-state index contributed by atoms with van der Waals surface area (Å²) in [7, 11) is 0. The van der Waals surface area contributed by atoms with Crippen molar-refractivity contribution < 1.29 is 0 Å². The minimum Gasteiger partial charge on any atom is -0.328 e. The van der Waals surface area contributed by atoms with Gasteiger partial charge in [0, 0.05) is 24.7 Å². The van der Waals surface area contributed by atoms with Crippen molar-refractivity contribution in [3.8, 4) is 0 Å². The van der Waals surface area contributed by atoms with Crippen molar-refractivity contribution in [3.05, 3.63) is 0 Å². The lowest BCUT2D eigenvalue weighted by Gasteiger charge is -2.50. The molecular weight excluding hydrogens is 124 g/mol. The Morgan fingerprint density at radius 3 is 2.40 bits per heavy atom. The van der Waals surface area contributed by atoms with Gasteiger partial charge < -0.3 is 5.73 Å². The summed E-state index contributed by atoms with van der Waals surface area (Å²) in [6.07, 6.45) is 3.88. The number of hydrogen-bond donors (Lipinski definition) is 1. The fourth-order valence-electron chi connectivity index (χ4n) is 1.98. The van der Waals surface area contributed by atoms with E-state index in [1.807, 2.05) is 0 Å². The van der Waals surface area contributed by atoms with Crippen LogP contribution in [0.2, 0.25) is 0 Å². The van der Waals surface area contributed by atoms with Gasteiger partial charge in [0.25, 0.3) is 0 Å². The van der Waals surface area contributed by atoms with Gasteiger partial charge in [-0.25, -0.2) is 0 Å². The van der Waals surface area contributed by atoms with Crippen LogP contribution in [0.15, 0.2) is 0 Å². The summed E-state index contributed by atoms with van der Waals surface area (Å²) in [6, 6.07) is 2.20. The van der Waals surface area contributed by atoms with Crippen LogP contribution in [0, 0.1) is 0 Å². The van der Waals surface area contributed by atoms with Crippen molar-refractivity contribution in [1.82, 2.24) is 4.90 Å². The Hall–Kier alpha value is -0.0800. The van der Waals surface area contributed by atoms with Gasteiger partial charge in [-0.2, -0.15) is 0 Å². The molecule has 1 unspecified atom stereocenters. The summed E-state index contributed by atoms with van der Waals surface area (Å²) in [5.41, 5.74) is 5.70. The Labute approximate surface area is 62.4 Å². The summed E-state index contributed by atoms with van der Waals surface area (Å²) in [6.45, 7) is 3.63. The minimum atomic E-state index is 0.512. The molecule has 58 valence electrons. The van der Waals surface area contributed by atoms with Gasteiger partial charge in [-0.3, -0.25) is 4.90 Å². The lowest BCUT2D eigenvalue weighted by molar-refractivity contribution is 0.00661. The van der Waals surface area contributed by atoms with E-state index in [0.29, 0.717) is 6.04 Å². The molecule has 1 aliphatic heterocycles. The van der Waals surface area contributed by atoms with Crippen LogP contribution < -0.4 is 5.73 Å². The average Bonchev–Trinajstić information content (AvgIpc) is 1.82. The van der Waals surface area contributed by atoms with Gasteiger partial charge in [-0.05, 0) is 26.2 Å². The molecule has 0 amide bonds. The van der Waals surface area contributed by atoms with Crippen LogP contribution in [0.25, 0.3) is 0 Å². The number of rotatable bonds is 1. The van der Waals surface area contributed by atoms with Crippen molar-refractivity contribution >= 4 is 0 Å². The normalized spacial score (nSPS) is 48.0. The van der Waals surface area contributed by atoms with Crippen molar-refractivity contribution in [3.63, 3.8) is 0 Å². The smallest absolute Gasteiger partial charge is 0.0128 e. The second kappa shape index (κ2) is 2.21. The van der Waals surface area contributed by atoms with Crippen molar-refractivity contribution in [1.29, 1.82) is 0 Å². The van der Waals surface area contributed by atoms with Crippen LogP contribution in [-0.4, -0.2) is 29.6 Å². The third-order valence-electron chi connectivity index (χ3n) is 2.99. The van der Waals surface area contributed by atoms with Crippen molar-refractivity contribution in [2.45, 2.75) is 44.3 Å². The highest BCUT2D eigenvalue weighted by Gasteiger charge is 2.37. The molecule has 1 saturated carbocycles. The number of likely N-dealkylation sites (tertiary alicyclic amines) is 1. The van der Waals surface area contributed by atoms with E-state index in [0.717, 1.165) is 12.1 Å². The van der Waals surface area contributed by atoms with Crippen LogP contribution >= 0.6 is 0 Å². The summed E-state index contributed by atoms with van der Waals surface area (Å²) in [5, 5.41) is 0. The average molecular weight is 140 g/mol. The Bertz CT molecular complexity index is 129. The van der Waals surface area contributed by atoms with Crippen LogP contribution in [0.3, 0.4) is 0 Å². The zero-order chi connectivity index (χ0) is 7.14. The van der Waals surface area contributed by atoms with Gasteiger partial charge in [0.15, 0.2) is 0 Å². The van der Waals surface area contributed by atoms with E-state index in [9.17, 15) is 0 Å². The maximum atomic E-state index is 5.70. The molecule has 10 heavy (non-hydrogen) atoms. The first-order chi connectivity index (χ1) is 4.77. The van der Waals surface area contributed by atoms with E-state index in [-0.39, 0.29) is 0 Å². The van der Waals surface area contributed by atoms with Gasteiger partial charge in [0.2, 0.25) is 0 Å². The van der Waals surface area contributed by atoms with Gasteiger partial charge in [0.05, 0.1) is 0 Å². The second-order valence-corrected chi connectivity index (χ2v) is 3.76. The molecule has 1 saturated heterocycles. The maximum absolute atomic E-state index is 5.70. The third-order valence-corrected chi connectivity index (χ3v) is 2.99. The quantitative estimate of drug-likeness (QED) is 0.577. The molecule has 1 aliphatic carbocycles. The lowest BCUT2D eigenvalue weighted by Crippen LogP contribution is -2.59. The zero-order valence-electron chi connectivity index (χ0n) is 6.59. The van der Waals surface area contributed by atoms with Crippen LogP contribution in [0.5, 0.6) is 0 Å². The highest BCUT2D eigenvalue weighted by molar-refractivity contribution is 4.95. The number of hydrogen-bond acceptors (Lipinski definition) is 2. The van der Waals surface area contributed by atoms with Crippen LogP contribution in [-0.2, 0) is 0 Å². The molecule has 0 spiro atoms. The van der Waals surface area contributed by atoms with E-state index in [2.05, 4.69) is 11.8 Å². The molecule has 2 rings (SSSR count). The van der Waals surface area contributed by atoms with Crippen LogP contribution in [0.4, 0.5) is 0 Å². The van der Waals surface area contributed by atoms with Crippen molar-refractivity contribution in [2.24, 2.45) is 5.73 Å². The van der Waals surface area contributed by atoms with Crippen molar-refractivity contribution in [2.75, 3.05) is 6.54 Å². The van der Waals surface area contributed by atoms with Gasteiger partial charge in [0.1, 0.15) is 0 Å². The largest absolute Gasteiger partial charge is 0.328 e. The molecule has 1 atom stereocenters. The SMILES string of the molecule is CC1CCN1C1CC(N)C1. The molecule has 0 aromatic rings. The third kappa shape index (κ3) is 0.867. The summed E-state index contributed by atoms with van der Waals surface area (Å²) in [5.74, 6) is 0. The Morgan fingerprint density at radius 1 is 1.40 bits per heavy atom. The molecule has 2 heteroatoms. The molecule has 2 fully saturated rings. The van der Waals surface area contributed by atoms with E-state index in [4.69, 9.17) is 5.73 Å². The van der Waals surface area contributed by atoms with Gasteiger partial charge in [-0.1, -0.05) is 0 Å². The maximum Gasteiger partial charge on any atom is 0.0128 e. The lowest BCUT2D eigenvalue weighted by atomic mass is 9.83. The van der Waals surface area contributed by atoms with E-state index < -0.39 is 0 Å². The summed E-state index contributed by atoms with van der Waals surface area (Å²) in [4.78, 5) is 2.59. The molecular formula is C8H16N2. The standard InChI is InChI=1S/C8H16N2/c1-6-2-3-10(6)8-4-7(9)5-8/h6-8H,2-5,9H2,1H3. The van der Waals surface area contributed by atoms with E-state index in [1.54, 1.807) is 0 Å². The Morgan fingerprint density at radius 2 is 2.10 bits per heavy atom. The molecule has 0 aromatic carbocycles. The predicted molar refractivity (Wildman–Crippen MR) is 41.8 cm³/mol. The topological polar surface area (TPSA) is 29.3 Å². The molecule has 1 heterocycles. The predicted octanol–water partition coefficient (Wildman–Crippen LogP) is 0.570. The Balaban J connectivity index is 1.79. The molecule has 2 aliphatic rings. The van der Waals surface area contributed by atoms with E-state index in [1.165, 1.54) is 25.8 Å². The van der Waals surface area contributed by atoms with Gasteiger partial charge >= 0.3 is 0 Å². The minimum absolute atomic E-state index is 0.512. The van der Waals surface area contributed by atoms with E-state index >= 15 is 0 Å². The fraction of sp³-hybridized carbons (Fsp3) is 1.00. The molecule has 2 nitrogen and oxygen atoms in total. The molecule has 0 bridgehead atoms. The highest BCUT2D eigenvalue weighted by atomic mass is 15.2. The zero-order valence-corrected chi connectivity index (χ0v) is 6.59. The van der Waals surface area contributed by atoms with Gasteiger partial charge in [-0.15, -0.1) is 0 Å². The molecule has 0 radical (unpaired) electrons. The molecule has 2 N–H and O–H groups in total. The first kappa shape index (κ1) is 6.62. The van der Waals surface area contributed by atoms with Crippen LogP contribution in [0.1, 0.15) is 26.2 Å². The fourth-order valence-corrected chi connectivity index (χ4v) is 1.98. The monoisotopic (exact) mass is 140 g/mol. The summed E-state index contributed by atoms with van der Waals surface area (Å²) >= 11 is 0. The second-order valence-electron chi connectivity index (χ2n) is 3.76. The molecule has 0 aromatic heterocycles. The highest BCUT2D eigenvalue weighted by Crippen LogP contribution is 2.31. The number of nitrogens with zero attached hydrogens (tertiary/aromatic N) is 1. The first-order valence-electron chi connectivity index (χ1n) is 4.28. The Kier molecular flexibility index (Phi) is 1.46.